The molecule has 1 saturated heterocycles. The highest BCUT2D eigenvalue weighted by Gasteiger charge is 2.35. The number of fused-ring (bicyclic) bond motifs is 6. The summed E-state index contributed by atoms with van der Waals surface area (Å²) in [6.45, 7) is 4.33. The van der Waals surface area contributed by atoms with Crippen LogP contribution in [0.5, 0.6) is 5.75 Å². The highest BCUT2D eigenvalue weighted by molar-refractivity contribution is 5.88. The van der Waals surface area contributed by atoms with E-state index < -0.39 is 0 Å². The maximum Gasteiger partial charge on any atom is 0.258 e. The number of hydrogen-bond acceptors (Lipinski definition) is 4. The predicted octanol–water partition coefficient (Wildman–Crippen LogP) is 4.68. The molecule has 2 aliphatic heterocycles. The maximum atomic E-state index is 12.8. The van der Waals surface area contributed by atoms with Gasteiger partial charge in [-0.3, -0.25) is 14.3 Å². The molecule has 0 amide bonds. The van der Waals surface area contributed by atoms with Crippen molar-refractivity contribution in [3.8, 4) is 11.4 Å². The van der Waals surface area contributed by atoms with Crippen LogP contribution >= 0.6 is 0 Å². The van der Waals surface area contributed by atoms with Crippen molar-refractivity contribution in [2.75, 3.05) is 0 Å². The van der Waals surface area contributed by atoms with Crippen molar-refractivity contribution in [2.24, 2.45) is 7.05 Å². The minimum atomic E-state index is -0.113. The Morgan fingerprint density at radius 3 is 2.79 bits per heavy atom. The van der Waals surface area contributed by atoms with Crippen LogP contribution in [0.4, 0.5) is 0 Å². The van der Waals surface area contributed by atoms with Crippen molar-refractivity contribution < 1.29 is 4.74 Å². The molecule has 6 rings (SSSR count). The second kappa shape index (κ2) is 8.87. The normalized spacial score (nSPS) is 18.5. The molecule has 33 heavy (non-hydrogen) atoms. The van der Waals surface area contributed by atoms with Gasteiger partial charge in [0.25, 0.3) is 5.56 Å². The first kappa shape index (κ1) is 21.5. The van der Waals surface area contributed by atoms with E-state index in [0.717, 1.165) is 17.8 Å². The number of aromatic nitrogens is 3. The van der Waals surface area contributed by atoms with E-state index in [9.17, 15) is 4.79 Å². The molecule has 2 unspecified atom stereocenters. The van der Waals surface area contributed by atoms with Gasteiger partial charge in [-0.2, -0.15) is 0 Å². The standard InChI is InChI=1S/C25H24N4O2.C2H6/c1-28-22-13-18(6-7-20(22)25-21-8-5-16(27-21)12-23(25)28)29-11-9-19(14-24(29)30)31-15-17-4-2-3-10-26-17;1-2/h2-4,6-7,9-11,13-14,16,21,27H,5,8,12,15H2,1H3;1-2H3. The first-order chi connectivity index (χ1) is 16.2. The number of benzene rings is 1. The highest BCUT2D eigenvalue weighted by Crippen LogP contribution is 2.41. The number of aryl methyl sites for hydroxylation is 1. The zero-order valence-electron chi connectivity index (χ0n) is 19.4. The Kier molecular flexibility index (Phi) is 5.77. The average molecular weight is 443 g/mol. The van der Waals surface area contributed by atoms with E-state index in [4.69, 9.17) is 4.74 Å². The van der Waals surface area contributed by atoms with E-state index in [0.29, 0.717) is 24.4 Å². The average Bonchev–Trinajstić information content (AvgIpc) is 3.37. The van der Waals surface area contributed by atoms with Gasteiger partial charge < -0.3 is 14.6 Å². The Balaban J connectivity index is 0.00000111. The summed E-state index contributed by atoms with van der Waals surface area (Å²) in [5.41, 5.74) is 5.64. The number of nitrogens with zero attached hydrogens (tertiary/aromatic N) is 3. The molecule has 0 aliphatic carbocycles. The molecular weight excluding hydrogens is 412 g/mol. The number of hydrogen-bond donors (Lipinski definition) is 1. The molecule has 2 aliphatic rings. The van der Waals surface area contributed by atoms with Gasteiger partial charge in [-0.05, 0) is 48.7 Å². The summed E-state index contributed by atoms with van der Waals surface area (Å²) in [7, 11) is 2.15. The molecular formula is C27H30N4O2. The lowest BCUT2D eigenvalue weighted by Gasteiger charge is -2.23. The van der Waals surface area contributed by atoms with Gasteiger partial charge in [-0.1, -0.05) is 26.0 Å². The van der Waals surface area contributed by atoms with Gasteiger partial charge in [-0.25, -0.2) is 0 Å². The molecule has 2 bridgehead atoms. The second-order valence-corrected chi connectivity index (χ2v) is 8.50. The Bertz CT molecular complexity index is 1340. The fourth-order valence-corrected chi connectivity index (χ4v) is 5.14. The van der Waals surface area contributed by atoms with Crippen molar-refractivity contribution in [1.29, 1.82) is 0 Å². The van der Waals surface area contributed by atoms with E-state index in [1.807, 2.05) is 44.2 Å². The molecule has 5 heterocycles. The minimum absolute atomic E-state index is 0.113. The lowest BCUT2D eigenvalue weighted by molar-refractivity contribution is 0.300. The van der Waals surface area contributed by atoms with E-state index in [1.54, 1.807) is 17.0 Å². The largest absolute Gasteiger partial charge is 0.487 e. The Hall–Kier alpha value is -3.38. The summed E-state index contributed by atoms with van der Waals surface area (Å²) in [5.74, 6) is 0.546. The van der Waals surface area contributed by atoms with Crippen molar-refractivity contribution in [1.82, 2.24) is 19.4 Å². The quantitative estimate of drug-likeness (QED) is 0.499. The Morgan fingerprint density at radius 1 is 1.12 bits per heavy atom. The van der Waals surface area contributed by atoms with Crippen LogP contribution in [-0.2, 0) is 20.1 Å². The predicted molar refractivity (Wildman–Crippen MR) is 131 cm³/mol. The van der Waals surface area contributed by atoms with Crippen molar-refractivity contribution >= 4 is 10.9 Å². The Labute approximate surface area is 193 Å². The van der Waals surface area contributed by atoms with Crippen LogP contribution < -0.4 is 15.6 Å². The monoisotopic (exact) mass is 442 g/mol. The summed E-state index contributed by atoms with van der Waals surface area (Å²) in [6, 6.07) is 16.4. The van der Waals surface area contributed by atoms with Crippen LogP contribution in [0.15, 0.2) is 65.7 Å². The third-order valence-electron chi connectivity index (χ3n) is 6.66. The first-order valence-corrected chi connectivity index (χ1v) is 11.8. The highest BCUT2D eigenvalue weighted by atomic mass is 16.5. The van der Waals surface area contributed by atoms with E-state index in [1.165, 1.54) is 41.1 Å². The number of ether oxygens (including phenoxy) is 1. The topological polar surface area (TPSA) is 61.1 Å². The maximum absolute atomic E-state index is 12.8. The Morgan fingerprint density at radius 2 is 2.00 bits per heavy atom. The summed E-state index contributed by atoms with van der Waals surface area (Å²) in [4.78, 5) is 17.1. The fourth-order valence-electron chi connectivity index (χ4n) is 5.14. The molecule has 1 fully saturated rings. The van der Waals surface area contributed by atoms with Crippen LogP contribution in [-0.4, -0.2) is 20.2 Å². The molecule has 3 aromatic heterocycles. The molecule has 170 valence electrons. The summed E-state index contributed by atoms with van der Waals surface area (Å²) in [6.07, 6.45) is 7.05. The van der Waals surface area contributed by atoms with E-state index >= 15 is 0 Å². The van der Waals surface area contributed by atoms with Gasteiger partial charge in [0.2, 0.25) is 0 Å². The van der Waals surface area contributed by atoms with Gasteiger partial charge in [0.15, 0.2) is 0 Å². The van der Waals surface area contributed by atoms with Crippen molar-refractivity contribution in [3.63, 3.8) is 0 Å². The van der Waals surface area contributed by atoms with Gasteiger partial charge in [0.05, 0.1) is 16.9 Å². The lowest BCUT2D eigenvalue weighted by Crippen LogP contribution is -2.32. The third-order valence-corrected chi connectivity index (χ3v) is 6.66. The van der Waals surface area contributed by atoms with E-state index in [-0.39, 0.29) is 5.56 Å². The zero-order chi connectivity index (χ0) is 22.9. The molecule has 0 saturated carbocycles. The molecule has 0 radical (unpaired) electrons. The molecule has 2 atom stereocenters. The number of pyridine rings is 2. The van der Waals surface area contributed by atoms with Crippen LogP contribution in [0, 0.1) is 0 Å². The molecule has 4 aromatic rings. The fraction of sp³-hybridized carbons (Fsp3) is 0.333. The summed E-state index contributed by atoms with van der Waals surface area (Å²) in [5, 5.41) is 5.04. The van der Waals surface area contributed by atoms with Gasteiger partial charge in [-0.15, -0.1) is 0 Å². The lowest BCUT2D eigenvalue weighted by atomic mass is 9.99. The van der Waals surface area contributed by atoms with Crippen molar-refractivity contribution in [3.05, 3.63) is 88.2 Å². The number of nitrogens with one attached hydrogen (secondary N) is 1. The molecule has 6 heteroatoms. The minimum Gasteiger partial charge on any atom is -0.487 e. The van der Waals surface area contributed by atoms with Crippen molar-refractivity contribution in [2.45, 2.75) is 51.8 Å². The molecule has 1 aromatic carbocycles. The van der Waals surface area contributed by atoms with Gasteiger partial charge >= 0.3 is 0 Å². The summed E-state index contributed by atoms with van der Waals surface area (Å²) >= 11 is 0. The third kappa shape index (κ3) is 3.85. The van der Waals surface area contributed by atoms with E-state index in [2.05, 4.69) is 34.0 Å². The molecule has 1 N–H and O–H groups in total. The van der Waals surface area contributed by atoms with Crippen LogP contribution in [0.1, 0.15) is 49.7 Å². The first-order valence-electron chi connectivity index (χ1n) is 11.8. The summed E-state index contributed by atoms with van der Waals surface area (Å²) < 4.78 is 9.73. The number of rotatable bonds is 4. The van der Waals surface area contributed by atoms with Crippen LogP contribution in [0.3, 0.4) is 0 Å². The smallest absolute Gasteiger partial charge is 0.258 e. The SMILES string of the molecule is CC.Cn1c2c(c3ccc(-n4ccc(OCc5ccccn5)cc4=O)cc31)C1CCC(C2)N1. The molecule has 0 spiro atoms. The van der Waals surface area contributed by atoms with Crippen LogP contribution in [0.25, 0.3) is 16.6 Å². The second-order valence-electron chi connectivity index (χ2n) is 8.50. The van der Waals surface area contributed by atoms with Gasteiger partial charge in [0, 0.05) is 55.1 Å². The van der Waals surface area contributed by atoms with Gasteiger partial charge in [0.1, 0.15) is 12.4 Å². The molecule has 6 nitrogen and oxygen atoms in total. The zero-order valence-corrected chi connectivity index (χ0v) is 19.4. The van der Waals surface area contributed by atoms with Crippen LogP contribution in [0.2, 0.25) is 0 Å².